The van der Waals surface area contributed by atoms with Gasteiger partial charge >= 0.3 is 29.6 Å². The number of amides is 1. The molecule has 0 spiro atoms. The van der Waals surface area contributed by atoms with E-state index in [1.807, 2.05) is 0 Å². The zero-order chi connectivity index (χ0) is 17.9. The van der Waals surface area contributed by atoms with E-state index in [1.54, 1.807) is 13.8 Å². The van der Waals surface area contributed by atoms with Crippen LogP contribution in [0.1, 0.15) is 27.2 Å². The number of hydrogen-bond donors (Lipinski definition) is 5. The Bertz CT molecular complexity index is 448. The van der Waals surface area contributed by atoms with E-state index in [-0.39, 0.29) is 36.0 Å². The summed E-state index contributed by atoms with van der Waals surface area (Å²) in [6, 6.07) is -1.14. The predicted molar refractivity (Wildman–Crippen MR) is 74.8 cm³/mol. The maximum atomic E-state index is 11.6. The smallest absolute Gasteiger partial charge is 0.547 e. The number of hydrogen-bond acceptors (Lipinski definition) is 8. The number of rotatable bonds is 6. The summed E-state index contributed by atoms with van der Waals surface area (Å²) in [7, 11) is 0. The van der Waals surface area contributed by atoms with Gasteiger partial charge in [-0.15, -0.1) is 0 Å². The molecule has 0 aromatic heterocycles. The van der Waals surface area contributed by atoms with Crippen LogP contribution in [0.3, 0.4) is 0 Å². The molecule has 1 aliphatic heterocycles. The molecule has 1 saturated heterocycles. The molecule has 0 aromatic rings. The zero-order valence-corrected chi connectivity index (χ0v) is 16.3. The number of carbonyl (C=O) groups excluding carboxylic acids is 2. The molecule has 0 bridgehead atoms. The van der Waals surface area contributed by atoms with Crippen molar-refractivity contribution in [1.82, 2.24) is 5.32 Å². The van der Waals surface area contributed by atoms with Crippen LogP contribution in [0, 0.1) is 5.92 Å². The summed E-state index contributed by atoms with van der Waals surface area (Å²) in [5.41, 5.74) is -1.89. The molecule has 1 fully saturated rings. The van der Waals surface area contributed by atoms with Crippen molar-refractivity contribution in [3.63, 3.8) is 0 Å². The molecule has 9 nitrogen and oxygen atoms in total. The third-order valence-corrected chi connectivity index (χ3v) is 4.19. The fraction of sp³-hybridized carbons (Fsp3) is 0.857. The summed E-state index contributed by atoms with van der Waals surface area (Å²) in [6.45, 7) is 3.48. The van der Waals surface area contributed by atoms with Crippen LogP contribution in [0.25, 0.3) is 0 Å². The van der Waals surface area contributed by atoms with Crippen LogP contribution in [0.4, 0.5) is 0 Å². The maximum absolute atomic E-state index is 11.6. The molecule has 0 aromatic carbocycles. The van der Waals surface area contributed by atoms with E-state index in [0.29, 0.717) is 0 Å². The van der Waals surface area contributed by atoms with Crippen LogP contribution < -0.4 is 40.0 Å². The number of carbonyl (C=O) groups is 2. The standard InChI is InChI=1S/C14H25NO8.Na/c1-6(2)14(13(21)22)4-8(18)10(15-7(3)17)12(23-14)11(20)9(19)5-16;/h6,8-12,16,18-20H,4-5H2,1-3H3,(H,15,17)(H,21,22);/q;+1/p-1/t8-,9+,10+,11+,12?,14?;/m0./s1. The summed E-state index contributed by atoms with van der Waals surface area (Å²) in [6.07, 6.45) is -6.49. The van der Waals surface area contributed by atoms with E-state index in [2.05, 4.69) is 5.32 Å². The van der Waals surface area contributed by atoms with Crippen molar-refractivity contribution in [2.45, 2.75) is 63.3 Å². The molecular formula is C14H24NNaO8. The first-order valence-corrected chi connectivity index (χ1v) is 7.38. The Morgan fingerprint density at radius 3 is 2.29 bits per heavy atom. The van der Waals surface area contributed by atoms with Crippen molar-refractivity contribution < 1.29 is 69.4 Å². The molecule has 24 heavy (non-hydrogen) atoms. The van der Waals surface area contributed by atoms with Crippen LogP contribution in [0.5, 0.6) is 0 Å². The number of aliphatic hydroxyl groups excluding tert-OH is 4. The van der Waals surface area contributed by atoms with Gasteiger partial charge in [-0.3, -0.25) is 4.79 Å². The van der Waals surface area contributed by atoms with Crippen LogP contribution in [-0.4, -0.2) is 75.0 Å². The Balaban J connectivity index is 0.00000529. The van der Waals surface area contributed by atoms with Crippen LogP contribution in [0.2, 0.25) is 0 Å². The average molecular weight is 357 g/mol. The molecule has 6 atom stereocenters. The molecule has 0 saturated carbocycles. The van der Waals surface area contributed by atoms with Crippen LogP contribution in [0.15, 0.2) is 0 Å². The molecule has 1 heterocycles. The average Bonchev–Trinajstić information content (AvgIpc) is 2.46. The number of ether oxygens (including phenoxy) is 1. The fourth-order valence-electron chi connectivity index (χ4n) is 2.78. The van der Waals surface area contributed by atoms with Crippen molar-refractivity contribution in [3.05, 3.63) is 0 Å². The molecule has 5 N–H and O–H groups in total. The number of carboxylic acids is 1. The molecule has 1 aliphatic rings. The van der Waals surface area contributed by atoms with Gasteiger partial charge in [0.25, 0.3) is 0 Å². The normalized spacial score (nSPS) is 32.6. The van der Waals surface area contributed by atoms with Crippen molar-refractivity contribution in [3.8, 4) is 0 Å². The van der Waals surface area contributed by atoms with Crippen LogP contribution >= 0.6 is 0 Å². The first-order chi connectivity index (χ1) is 10.6. The molecule has 10 heteroatoms. The first kappa shape index (κ1) is 23.7. The molecule has 1 amide bonds. The molecular weight excluding hydrogens is 333 g/mol. The van der Waals surface area contributed by atoms with Gasteiger partial charge in [-0.25, -0.2) is 0 Å². The summed E-state index contributed by atoms with van der Waals surface area (Å²) in [4.78, 5) is 22.9. The Morgan fingerprint density at radius 1 is 1.38 bits per heavy atom. The Kier molecular flexibility index (Phi) is 9.34. The topological polar surface area (TPSA) is 159 Å². The number of nitrogens with one attached hydrogen (secondary N) is 1. The maximum Gasteiger partial charge on any atom is 1.00 e. The van der Waals surface area contributed by atoms with Gasteiger partial charge < -0.3 is 40.4 Å². The minimum Gasteiger partial charge on any atom is -0.547 e. The van der Waals surface area contributed by atoms with E-state index < -0.39 is 60.5 Å². The van der Waals surface area contributed by atoms with Gasteiger partial charge in [-0.05, 0) is 5.92 Å². The summed E-state index contributed by atoms with van der Waals surface area (Å²) < 4.78 is 5.51. The monoisotopic (exact) mass is 357 g/mol. The zero-order valence-electron chi connectivity index (χ0n) is 14.3. The third kappa shape index (κ3) is 4.89. The van der Waals surface area contributed by atoms with Gasteiger partial charge in [0.15, 0.2) is 0 Å². The largest absolute Gasteiger partial charge is 1.00 e. The third-order valence-electron chi connectivity index (χ3n) is 4.19. The number of aliphatic hydroxyl groups is 4. The van der Waals surface area contributed by atoms with Crippen molar-refractivity contribution in [1.29, 1.82) is 0 Å². The van der Waals surface area contributed by atoms with Crippen molar-refractivity contribution in [2.24, 2.45) is 5.92 Å². The number of aliphatic carboxylic acids is 1. The van der Waals surface area contributed by atoms with E-state index in [1.165, 1.54) is 6.92 Å². The molecule has 1 rings (SSSR count). The van der Waals surface area contributed by atoms with Crippen molar-refractivity contribution >= 4 is 11.9 Å². The Hall–Kier alpha value is -0.260. The van der Waals surface area contributed by atoms with E-state index in [9.17, 15) is 30.0 Å². The van der Waals surface area contributed by atoms with Gasteiger partial charge in [0.05, 0.1) is 24.7 Å². The van der Waals surface area contributed by atoms with E-state index in [0.717, 1.165) is 0 Å². The van der Waals surface area contributed by atoms with Gasteiger partial charge in [0, 0.05) is 13.3 Å². The van der Waals surface area contributed by atoms with Gasteiger partial charge in [-0.1, -0.05) is 13.8 Å². The van der Waals surface area contributed by atoms with Gasteiger partial charge in [0.2, 0.25) is 5.91 Å². The summed E-state index contributed by atoms with van der Waals surface area (Å²) in [5.74, 6) is -2.70. The predicted octanol–water partition coefficient (Wildman–Crippen LogP) is -6.50. The minimum atomic E-state index is -1.89. The first-order valence-electron chi connectivity index (χ1n) is 7.38. The van der Waals surface area contributed by atoms with Gasteiger partial charge in [0.1, 0.15) is 23.9 Å². The summed E-state index contributed by atoms with van der Waals surface area (Å²) >= 11 is 0. The van der Waals surface area contributed by atoms with E-state index in [4.69, 9.17) is 9.84 Å². The second kappa shape index (κ2) is 9.44. The van der Waals surface area contributed by atoms with E-state index >= 15 is 0 Å². The minimum absolute atomic E-state index is 0. The fourth-order valence-corrected chi connectivity index (χ4v) is 2.78. The Labute approximate surface area is 162 Å². The molecule has 0 radical (unpaired) electrons. The quantitative estimate of drug-likeness (QED) is 0.293. The molecule has 0 aliphatic carbocycles. The Morgan fingerprint density at radius 2 is 1.92 bits per heavy atom. The summed E-state index contributed by atoms with van der Waals surface area (Å²) in [5, 5.41) is 53.0. The number of carboxylic acid groups (broad SMARTS) is 1. The molecule has 2 unspecified atom stereocenters. The molecule has 134 valence electrons. The van der Waals surface area contributed by atoms with Crippen LogP contribution in [-0.2, 0) is 14.3 Å². The van der Waals surface area contributed by atoms with Crippen molar-refractivity contribution in [2.75, 3.05) is 6.61 Å². The second-order valence-electron chi connectivity index (χ2n) is 6.15. The SMILES string of the molecule is CC(=O)N[C@H]1C([C@H](O)[C@H](O)CO)OC(C(=O)[O-])(C(C)C)C[C@@H]1O.[Na+]. The van der Waals surface area contributed by atoms with Gasteiger partial charge in [-0.2, -0.15) is 0 Å². The second-order valence-corrected chi connectivity index (χ2v) is 6.15.